The van der Waals surface area contributed by atoms with E-state index in [0.717, 1.165) is 17.2 Å². The fourth-order valence-electron chi connectivity index (χ4n) is 3.03. The molecule has 2 atom stereocenters. The lowest BCUT2D eigenvalue weighted by Crippen LogP contribution is -2.30. The third-order valence-electron chi connectivity index (χ3n) is 4.11. The first kappa shape index (κ1) is 13.5. The fraction of sp³-hybridized carbons (Fsp3) is 0.312. The molecule has 1 aromatic carbocycles. The Bertz CT molecular complexity index is 693. The fourth-order valence-corrected chi connectivity index (χ4v) is 3.03. The predicted molar refractivity (Wildman–Crippen MR) is 78.8 cm³/mol. The molecule has 1 saturated carbocycles. The number of aliphatic carboxylic acids is 1. The van der Waals surface area contributed by atoms with E-state index in [1.54, 1.807) is 12.4 Å². The highest BCUT2D eigenvalue weighted by molar-refractivity contribution is 6.03. The van der Waals surface area contributed by atoms with Crippen LogP contribution in [0.3, 0.4) is 0 Å². The van der Waals surface area contributed by atoms with Crippen molar-refractivity contribution in [3.05, 3.63) is 36.7 Å². The highest BCUT2D eigenvalue weighted by Crippen LogP contribution is 2.33. The van der Waals surface area contributed by atoms with Crippen molar-refractivity contribution in [2.75, 3.05) is 5.32 Å². The van der Waals surface area contributed by atoms with Gasteiger partial charge in [0.15, 0.2) is 0 Å². The molecule has 1 aliphatic rings. The molecule has 3 rings (SSSR count). The first-order valence-electron chi connectivity index (χ1n) is 7.03. The number of carboxylic acid groups (broad SMARTS) is 1. The van der Waals surface area contributed by atoms with Gasteiger partial charge in [-0.2, -0.15) is 0 Å². The van der Waals surface area contributed by atoms with Crippen LogP contribution in [0.2, 0.25) is 0 Å². The molecule has 0 radical (unpaired) electrons. The number of fused-ring (bicyclic) bond motifs is 1. The largest absolute Gasteiger partial charge is 0.481 e. The number of benzene rings is 1. The zero-order valence-corrected chi connectivity index (χ0v) is 11.5. The minimum absolute atomic E-state index is 0.204. The number of carbonyl (C=O) groups is 2. The first-order valence-corrected chi connectivity index (χ1v) is 7.03. The van der Waals surface area contributed by atoms with Gasteiger partial charge in [0, 0.05) is 28.9 Å². The van der Waals surface area contributed by atoms with Crippen LogP contribution in [0.1, 0.15) is 19.3 Å². The smallest absolute Gasteiger partial charge is 0.307 e. The van der Waals surface area contributed by atoms with Gasteiger partial charge in [0.25, 0.3) is 0 Å². The minimum atomic E-state index is -0.880. The maximum atomic E-state index is 12.4. The van der Waals surface area contributed by atoms with E-state index in [-0.39, 0.29) is 5.91 Å². The number of hydrogen-bond acceptors (Lipinski definition) is 3. The van der Waals surface area contributed by atoms with Crippen LogP contribution < -0.4 is 5.32 Å². The van der Waals surface area contributed by atoms with Crippen molar-refractivity contribution >= 4 is 28.3 Å². The van der Waals surface area contributed by atoms with Crippen molar-refractivity contribution in [2.45, 2.75) is 19.3 Å². The topological polar surface area (TPSA) is 79.3 Å². The van der Waals surface area contributed by atoms with Crippen LogP contribution in [-0.4, -0.2) is 22.0 Å². The number of amides is 1. The van der Waals surface area contributed by atoms with Gasteiger partial charge < -0.3 is 10.4 Å². The van der Waals surface area contributed by atoms with E-state index in [2.05, 4.69) is 10.3 Å². The summed E-state index contributed by atoms with van der Waals surface area (Å²) in [5.41, 5.74) is 0.705. The number of carboxylic acids is 1. The summed E-state index contributed by atoms with van der Waals surface area (Å²) in [6, 6.07) is 7.44. The number of hydrogen-bond donors (Lipinski definition) is 2. The van der Waals surface area contributed by atoms with E-state index in [0.29, 0.717) is 18.5 Å². The Hall–Kier alpha value is -2.43. The molecule has 1 fully saturated rings. The molecule has 5 nitrogen and oxygen atoms in total. The van der Waals surface area contributed by atoms with Crippen LogP contribution in [0, 0.1) is 11.8 Å². The number of pyridine rings is 1. The maximum Gasteiger partial charge on any atom is 0.307 e. The molecule has 0 bridgehead atoms. The molecule has 0 saturated heterocycles. The van der Waals surface area contributed by atoms with Crippen LogP contribution in [0.25, 0.3) is 10.8 Å². The number of nitrogens with zero attached hydrogens (tertiary/aromatic N) is 1. The summed E-state index contributed by atoms with van der Waals surface area (Å²) in [6.07, 6.45) is 5.41. The van der Waals surface area contributed by atoms with E-state index in [1.165, 1.54) is 0 Å². The zero-order chi connectivity index (χ0) is 14.8. The number of nitrogens with one attached hydrogen (secondary N) is 1. The average Bonchev–Trinajstić information content (AvgIpc) is 2.97. The van der Waals surface area contributed by atoms with E-state index >= 15 is 0 Å². The number of carbonyl (C=O) groups excluding carboxylic acids is 1. The summed E-state index contributed by atoms with van der Waals surface area (Å²) in [7, 11) is 0. The maximum absolute atomic E-state index is 12.4. The van der Waals surface area contributed by atoms with Gasteiger partial charge in [-0.25, -0.2) is 0 Å². The van der Waals surface area contributed by atoms with Crippen LogP contribution in [0.4, 0.5) is 5.69 Å². The third kappa shape index (κ3) is 2.59. The van der Waals surface area contributed by atoms with Gasteiger partial charge >= 0.3 is 5.97 Å². The van der Waals surface area contributed by atoms with Crippen molar-refractivity contribution in [3.8, 4) is 0 Å². The van der Waals surface area contributed by atoms with Gasteiger partial charge in [-0.3, -0.25) is 14.6 Å². The van der Waals surface area contributed by atoms with Gasteiger partial charge in [0.2, 0.25) is 5.91 Å². The van der Waals surface area contributed by atoms with Crippen molar-refractivity contribution in [1.29, 1.82) is 0 Å². The molecule has 2 aromatic rings. The second-order valence-electron chi connectivity index (χ2n) is 5.37. The minimum Gasteiger partial charge on any atom is -0.481 e. The van der Waals surface area contributed by atoms with Crippen LogP contribution in [-0.2, 0) is 9.59 Å². The summed E-state index contributed by atoms with van der Waals surface area (Å²) in [6.45, 7) is 0. The Kier molecular flexibility index (Phi) is 3.56. The number of anilines is 1. The quantitative estimate of drug-likeness (QED) is 0.908. The summed E-state index contributed by atoms with van der Waals surface area (Å²) in [5.74, 6) is -2.10. The molecule has 1 heterocycles. The molecule has 2 N–H and O–H groups in total. The van der Waals surface area contributed by atoms with Gasteiger partial charge in [0.05, 0.1) is 11.8 Å². The molecule has 21 heavy (non-hydrogen) atoms. The van der Waals surface area contributed by atoms with Crippen molar-refractivity contribution in [3.63, 3.8) is 0 Å². The molecule has 0 spiro atoms. The van der Waals surface area contributed by atoms with Gasteiger partial charge in [-0.15, -0.1) is 0 Å². The number of aromatic nitrogens is 1. The Morgan fingerprint density at radius 1 is 1.19 bits per heavy atom. The Morgan fingerprint density at radius 3 is 2.81 bits per heavy atom. The monoisotopic (exact) mass is 284 g/mol. The highest BCUT2D eigenvalue weighted by Gasteiger charge is 2.37. The second kappa shape index (κ2) is 5.52. The molecule has 5 heteroatoms. The Morgan fingerprint density at radius 2 is 2.00 bits per heavy atom. The molecular formula is C16H16N2O3. The summed E-state index contributed by atoms with van der Waals surface area (Å²) in [5, 5.41) is 13.9. The molecule has 2 unspecified atom stereocenters. The van der Waals surface area contributed by atoms with Crippen LogP contribution in [0.15, 0.2) is 36.7 Å². The Balaban J connectivity index is 1.85. The summed E-state index contributed by atoms with van der Waals surface area (Å²) < 4.78 is 0. The van der Waals surface area contributed by atoms with Crippen LogP contribution >= 0.6 is 0 Å². The lowest BCUT2D eigenvalue weighted by molar-refractivity contribution is -0.145. The molecular weight excluding hydrogens is 268 g/mol. The highest BCUT2D eigenvalue weighted by atomic mass is 16.4. The average molecular weight is 284 g/mol. The summed E-state index contributed by atoms with van der Waals surface area (Å²) in [4.78, 5) is 27.6. The van der Waals surface area contributed by atoms with Crippen molar-refractivity contribution < 1.29 is 14.7 Å². The van der Waals surface area contributed by atoms with Crippen molar-refractivity contribution in [1.82, 2.24) is 4.98 Å². The van der Waals surface area contributed by atoms with E-state index in [9.17, 15) is 14.7 Å². The van der Waals surface area contributed by atoms with Gasteiger partial charge in [-0.05, 0) is 25.0 Å². The second-order valence-corrected chi connectivity index (χ2v) is 5.37. The number of rotatable bonds is 3. The first-order chi connectivity index (χ1) is 10.2. The van der Waals surface area contributed by atoms with Crippen molar-refractivity contribution in [2.24, 2.45) is 11.8 Å². The van der Waals surface area contributed by atoms with E-state index < -0.39 is 17.8 Å². The normalized spacial score (nSPS) is 21.3. The lowest BCUT2D eigenvalue weighted by atomic mass is 9.95. The Labute approximate surface area is 122 Å². The molecule has 1 aromatic heterocycles. The van der Waals surface area contributed by atoms with Crippen LogP contribution in [0.5, 0.6) is 0 Å². The van der Waals surface area contributed by atoms with Gasteiger partial charge in [0.1, 0.15) is 0 Å². The SMILES string of the molecule is O=C(O)C1CCCC1C(=O)Nc1cccc2cnccc12. The molecule has 1 amide bonds. The van der Waals surface area contributed by atoms with E-state index in [4.69, 9.17) is 0 Å². The van der Waals surface area contributed by atoms with E-state index in [1.807, 2.05) is 24.3 Å². The molecule has 1 aliphatic carbocycles. The predicted octanol–water partition coefficient (Wildman–Crippen LogP) is 2.67. The van der Waals surface area contributed by atoms with Gasteiger partial charge in [-0.1, -0.05) is 18.6 Å². The third-order valence-corrected chi connectivity index (χ3v) is 4.11. The zero-order valence-electron chi connectivity index (χ0n) is 11.5. The summed E-state index contributed by atoms with van der Waals surface area (Å²) >= 11 is 0. The lowest BCUT2D eigenvalue weighted by Gasteiger charge is -2.16. The standard InChI is InChI=1S/C16H16N2O3/c19-15(12-4-2-5-13(12)16(20)21)18-14-6-1-3-10-9-17-8-7-11(10)14/h1,3,6-9,12-13H,2,4-5H2,(H,18,19)(H,20,21). The molecule has 0 aliphatic heterocycles. The molecule has 108 valence electrons.